The van der Waals surface area contributed by atoms with Crippen LogP contribution in [0.5, 0.6) is 17.2 Å². The molecule has 0 aromatic heterocycles. The van der Waals surface area contributed by atoms with E-state index >= 15 is 0 Å². The lowest BCUT2D eigenvalue weighted by Crippen LogP contribution is -2.37. The number of hydrogen-bond donors (Lipinski definition) is 3. The number of nitrogens with one attached hydrogen (secondary N) is 3. The Morgan fingerprint density at radius 2 is 1.55 bits per heavy atom. The molecule has 0 saturated heterocycles. The van der Waals surface area contributed by atoms with Crippen LogP contribution in [0.4, 0.5) is 5.69 Å². The minimum Gasteiger partial charge on any atom is -0.493 e. The predicted octanol–water partition coefficient (Wildman–Crippen LogP) is 3.50. The van der Waals surface area contributed by atoms with Crippen molar-refractivity contribution in [3.63, 3.8) is 0 Å². The van der Waals surface area contributed by atoms with Gasteiger partial charge in [0.05, 0.1) is 21.3 Å². The second-order valence-electron chi connectivity index (χ2n) is 6.03. The third-order valence-electron chi connectivity index (χ3n) is 4.16. The van der Waals surface area contributed by atoms with E-state index in [0.29, 0.717) is 23.8 Å². The SMILES string of the molecule is CN=C(NCCCNc1ccccc1)NCc1cc(OC)c(OC)c(OC)c1.I. The molecule has 0 saturated carbocycles. The molecule has 29 heavy (non-hydrogen) atoms. The third-order valence-corrected chi connectivity index (χ3v) is 4.16. The molecule has 0 amide bonds. The number of rotatable bonds is 10. The molecule has 0 spiro atoms. The molecule has 8 heteroatoms. The van der Waals surface area contributed by atoms with Crippen molar-refractivity contribution < 1.29 is 14.2 Å². The second kappa shape index (κ2) is 13.8. The molecule has 0 radical (unpaired) electrons. The fourth-order valence-corrected chi connectivity index (χ4v) is 2.73. The van der Waals surface area contributed by atoms with Gasteiger partial charge in [-0.15, -0.1) is 24.0 Å². The molecule has 0 fully saturated rings. The molecule has 2 aromatic carbocycles. The molecule has 0 unspecified atom stereocenters. The maximum Gasteiger partial charge on any atom is 0.203 e. The molecule has 0 bridgehead atoms. The van der Waals surface area contributed by atoms with E-state index in [1.807, 2.05) is 30.3 Å². The number of para-hydroxylation sites is 1. The summed E-state index contributed by atoms with van der Waals surface area (Å²) in [7, 11) is 6.57. The first kappa shape index (κ1) is 24.7. The first-order chi connectivity index (χ1) is 13.7. The van der Waals surface area contributed by atoms with Crippen molar-refractivity contribution in [3.8, 4) is 17.2 Å². The fraction of sp³-hybridized carbons (Fsp3) is 0.381. The van der Waals surface area contributed by atoms with E-state index in [1.54, 1.807) is 28.4 Å². The lowest BCUT2D eigenvalue weighted by Gasteiger charge is -2.16. The summed E-state index contributed by atoms with van der Waals surface area (Å²) >= 11 is 0. The van der Waals surface area contributed by atoms with Crippen LogP contribution in [0.25, 0.3) is 0 Å². The highest BCUT2D eigenvalue weighted by atomic mass is 127. The number of anilines is 1. The molecule has 0 aliphatic heterocycles. The zero-order chi connectivity index (χ0) is 20.2. The molecule has 7 nitrogen and oxygen atoms in total. The van der Waals surface area contributed by atoms with Gasteiger partial charge in [-0.2, -0.15) is 0 Å². The van der Waals surface area contributed by atoms with Gasteiger partial charge in [-0.25, -0.2) is 0 Å². The summed E-state index contributed by atoms with van der Waals surface area (Å²) in [5, 5.41) is 10.0. The summed E-state index contributed by atoms with van der Waals surface area (Å²) in [5.41, 5.74) is 2.13. The van der Waals surface area contributed by atoms with Crippen LogP contribution in [0.3, 0.4) is 0 Å². The maximum absolute atomic E-state index is 5.40. The van der Waals surface area contributed by atoms with E-state index in [0.717, 1.165) is 36.7 Å². The summed E-state index contributed by atoms with van der Waals surface area (Å²) < 4.78 is 16.1. The zero-order valence-electron chi connectivity index (χ0n) is 17.5. The van der Waals surface area contributed by atoms with Crippen LogP contribution in [-0.2, 0) is 6.54 Å². The van der Waals surface area contributed by atoms with Crippen LogP contribution in [-0.4, -0.2) is 47.4 Å². The Kier molecular flexibility index (Phi) is 11.7. The Morgan fingerprint density at radius 3 is 2.10 bits per heavy atom. The van der Waals surface area contributed by atoms with Crippen molar-refractivity contribution in [1.82, 2.24) is 10.6 Å². The molecule has 160 valence electrons. The summed E-state index contributed by atoms with van der Waals surface area (Å²) in [5.74, 6) is 2.60. The first-order valence-electron chi connectivity index (χ1n) is 9.24. The monoisotopic (exact) mass is 514 g/mol. The van der Waals surface area contributed by atoms with Crippen LogP contribution in [0, 0.1) is 0 Å². The summed E-state index contributed by atoms with van der Waals surface area (Å²) in [6, 6.07) is 14.0. The van der Waals surface area contributed by atoms with Gasteiger partial charge >= 0.3 is 0 Å². The predicted molar refractivity (Wildman–Crippen MR) is 129 cm³/mol. The standard InChI is InChI=1S/C21H30N4O3.HI/c1-22-21(24-12-8-11-23-17-9-6-5-7-10-17)25-15-16-13-18(26-2)20(28-4)19(14-16)27-3;/h5-7,9-10,13-14,23H,8,11-12,15H2,1-4H3,(H2,22,24,25);1H. The molecular formula is C21H31IN4O3. The number of nitrogens with zero attached hydrogens (tertiary/aromatic N) is 1. The van der Waals surface area contributed by atoms with Crippen molar-refractivity contribution in [2.24, 2.45) is 4.99 Å². The van der Waals surface area contributed by atoms with E-state index in [-0.39, 0.29) is 24.0 Å². The fourth-order valence-electron chi connectivity index (χ4n) is 2.73. The van der Waals surface area contributed by atoms with Gasteiger partial charge in [0.1, 0.15) is 0 Å². The molecule has 2 rings (SSSR count). The lowest BCUT2D eigenvalue weighted by molar-refractivity contribution is 0.323. The third kappa shape index (κ3) is 7.88. The summed E-state index contributed by atoms with van der Waals surface area (Å²) in [6.45, 7) is 2.29. The topological polar surface area (TPSA) is 76.1 Å². The van der Waals surface area contributed by atoms with Gasteiger partial charge in [-0.1, -0.05) is 18.2 Å². The van der Waals surface area contributed by atoms with Crippen molar-refractivity contribution in [2.45, 2.75) is 13.0 Å². The Labute approximate surface area is 190 Å². The highest BCUT2D eigenvalue weighted by Crippen LogP contribution is 2.38. The van der Waals surface area contributed by atoms with Crippen LogP contribution >= 0.6 is 24.0 Å². The van der Waals surface area contributed by atoms with E-state index in [9.17, 15) is 0 Å². The molecular weight excluding hydrogens is 483 g/mol. The average Bonchev–Trinajstić information content (AvgIpc) is 2.75. The number of ether oxygens (including phenoxy) is 3. The Balaban J connectivity index is 0.00000420. The van der Waals surface area contributed by atoms with Gasteiger partial charge in [0, 0.05) is 32.4 Å². The maximum atomic E-state index is 5.40. The minimum atomic E-state index is 0. The molecule has 3 N–H and O–H groups in total. The number of benzene rings is 2. The van der Waals surface area contributed by atoms with Gasteiger partial charge in [0.25, 0.3) is 0 Å². The number of hydrogen-bond acceptors (Lipinski definition) is 5. The summed E-state index contributed by atoms with van der Waals surface area (Å²) in [4.78, 5) is 4.26. The van der Waals surface area contributed by atoms with E-state index in [2.05, 4.69) is 33.1 Å². The molecule has 0 aliphatic rings. The van der Waals surface area contributed by atoms with Crippen molar-refractivity contribution >= 4 is 35.6 Å². The number of halogens is 1. The number of aliphatic imine (C=N–C) groups is 1. The van der Waals surface area contributed by atoms with E-state index in [4.69, 9.17) is 14.2 Å². The highest BCUT2D eigenvalue weighted by Gasteiger charge is 2.13. The normalized spacial score (nSPS) is 10.6. The van der Waals surface area contributed by atoms with Gasteiger partial charge in [0.15, 0.2) is 17.5 Å². The zero-order valence-corrected chi connectivity index (χ0v) is 19.8. The van der Waals surface area contributed by atoms with Crippen LogP contribution < -0.4 is 30.2 Å². The first-order valence-corrected chi connectivity index (χ1v) is 9.24. The average molecular weight is 514 g/mol. The number of methoxy groups -OCH3 is 3. The van der Waals surface area contributed by atoms with Crippen molar-refractivity contribution in [1.29, 1.82) is 0 Å². The van der Waals surface area contributed by atoms with Gasteiger partial charge < -0.3 is 30.2 Å². The molecule has 0 heterocycles. The molecule has 0 aliphatic carbocycles. The number of guanidine groups is 1. The van der Waals surface area contributed by atoms with E-state index < -0.39 is 0 Å². The molecule has 2 aromatic rings. The van der Waals surface area contributed by atoms with Crippen LogP contribution in [0.1, 0.15) is 12.0 Å². The largest absolute Gasteiger partial charge is 0.493 e. The van der Waals surface area contributed by atoms with Crippen molar-refractivity contribution in [3.05, 3.63) is 48.0 Å². The smallest absolute Gasteiger partial charge is 0.203 e. The molecule has 0 atom stereocenters. The quantitative estimate of drug-likeness (QED) is 0.195. The highest BCUT2D eigenvalue weighted by molar-refractivity contribution is 14.0. The van der Waals surface area contributed by atoms with Crippen molar-refractivity contribution in [2.75, 3.05) is 46.8 Å². The van der Waals surface area contributed by atoms with Crippen LogP contribution in [0.2, 0.25) is 0 Å². The van der Waals surface area contributed by atoms with Gasteiger partial charge in [-0.3, -0.25) is 4.99 Å². The minimum absolute atomic E-state index is 0. The Bertz CT molecular complexity index is 732. The van der Waals surface area contributed by atoms with Gasteiger partial charge in [-0.05, 0) is 36.2 Å². The van der Waals surface area contributed by atoms with E-state index in [1.165, 1.54) is 0 Å². The van der Waals surface area contributed by atoms with Crippen LogP contribution in [0.15, 0.2) is 47.5 Å². The lowest BCUT2D eigenvalue weighted by atomic mass is 10.2. The van der Waals surface area contributed by atoms with Gasteiger partial charge in [0.2, 0.25) is 5.75 Å². The Morgan fingerprint density at radius 1 is 0.897 bits per heavy atom. The summed E-state index contributed by atoms with van der Waals surface area (Å²) in [6.07, 6.45) is 0.972. The second-order valence-corrected chi connectivity index (χ2v) is 6.03. The Hall–Kier alpha value is -2.36.